The topological polar surface area (TPSA) is 26.3 Å². The average Bonchev–Trinajstić information content (AvgIpc) is 2.02. The Balaban J connectivity index is 3.43. The van der Waals surface area contributed by atoms with Gasteiger partial charge in [0.2, 0.25) is 0 Å². The van der Waals surface area contributed by atoms with E-state index < -0.39 is 0 Å². The molecule has 0 aliphatic rings. The summed E-state index contributed by atoms with van der Waals surface area (Å²) < 4.78 is 5.23. The highest BCUT2D eigenvalue weighted by molar-refractivity contribution is 5.84. The van der Waals surface area contributed by atoms with Crippen molar-refractivity contribution in [1.29, 1.82) is 0 Å². The molecule has 0 aliphatic carbocycles. The molecule has 0 radical (unpaired) electrons. The van der Waals surface area contributed by atoms with E-state index in [2.05, 4.69) is 6.58 Å². The van der Waals surface area contributed by atoms with Gasteiger partial charge in [-0.25, -0.2) is 0 Å². The molecule has 0 amide bonds. The molecular formula is C11H20O2. The number of hydrogen-bond acceptors (Lipinski definition) is 2. The van der Waals surface area contributed by atoms with Gasteiger partial charge in [0.25, 0.3) is 0 Å². The first kappa shape index (κ1) is 12.4. The van der Waals surface area contributed by atoms with Crippen molar-refractivity contribution in [3.63, 3.8) is 0 Å². The Kier molecular flexibility index (Phi) is 5.63. The molecule has 13 heavy (non-hydrogen) atoms. The van der Waals surface area contributed by atoms with Crippen molar-refractivity contribution < 1.29 is 9.53 Å². The summed E-state index contributed by atoms with van der Waals surface area (Å²) in [6, 6.07) is 0. The molecule has 0 unspecified atom stereocenters. The van der Waals surface area contributed by atoms with Crippen LogP contribution in [0.15, 0.2) is 12.7 Å². The first-order valence-electron chi connectivity index (χ1n) is 4.70. The summed E-state index contributed by atoms with van der Waals surface area (Å²) in [5.74, 6) is 0.158. The number of carbonyl (C=O) groups is 1. The zero-order valence-electron chi connectivity index (χ0n) is 8.93. The average molecular weight is 184 g/mol. The lowest BCUT2D eigenvalue weighted by Gasteiger charge is -2.16. The van der Waals surface area contributed by atoms with Gasteiger partial charge in [0, 0.05) is 12.0 Å². The Morgan fingerprint density at radius 1 is 1.46 bits per heavy atom. The van der Waals surface area contributed by atoms with Crippen LogP contribution in [0.1, 0.15) is 33.6 Å². The van der Waals surface area contributed by atoms with Gasteiger partial charge in [-0.2, -0.15) is 0 Å². The molecule has 2 heteroatoms. The molecule has 0 aromatic rings. The van der Waals surface area contributed by atoms with Crippen molar-refractivity contribution >= 4 is 5.78 Å². The fourth-order valence-electron chi connectivity index (χ4n) is 0.711. The van der Waals surface area contributed by atoms with E-state index in [1.165, 1.54) is 0 Å². The first-order chi connectivity index (χ1) is 5.98. The number of rotatable bonds is 6. The minimum atomic E-state index is -0.279. The van der Waals surface area contributed by atoms with Crippen LogP contribution in [0, 0.1) is 5.41 Å². The third kappa shape index (κ3) is 6.52. The SMILES string of the molecule is C=CCCCOCC(=O)C(C)(C)C. The lowest BCUT2D eigenvalue weighted by atomic mass is 9.91. The van der Waals surface area contributed by atoms with Crippen molar-refractivity contribution in [3.8, 4) is 0 Å². The maximum atomic E-state index is 11.4. The van der Waals surface area contributed by atoms with Crippen LogP contribution in [0.25, 0.3) is 0 Å². The molecule has 0 spiro atoms. The molecule has 0 aromatic carbocycles. The number of Topliss-reactive ketones (excluding diaryl/α,β-unsaturated/α-hetero) is 1. The van der Waals surface area contributed by atoms with Crippen molar-refractivity contribution in [2.24, 2.45) is 5.41 Å². The quantitative estimate of drug-likeness (QED) is 0.468. The van der Waals surface area contributed by atoms with Gasteiger partial charge in [0.15, 0.2) is 5.78 Å². The van der Waals surface area contributed by atoms with E-state index in [0.717, 1.165) is 12.8 Å². The van der Waals surface area contributed by atoms with E-state index in [1.807, 2.05) is 26.8 Å². The molecule has 0 saturated heterocycles. The first-order valence-corrected chi connectivity index (χ1v) is 4.70. The van der Waals surface area contributed by atoms with Crippen LogP contribution < -0.4 is 0 Å². The van der Waals surface area contributed by atoms with Crippen LogP contribution in [0.4, 0.5) is 0 Å². The van der Waals surface area contributed by atoms with Crippen molar-refractivity contribution in [1.82, 2.24) is 0 Å². The molecule has 2 nitrogen and oxygen atoms in total. The van der Waals surface area contributed by atoms with Crippen molar-refractivity contribution in [2.75, 3.05) is 13.2 Å². The van der Waals surface area contributed by atoms with Crippen LogP contribution >= 0.6 is 0 Å². The zero-order chi connectivity index (χ0) is 10.3. The van der Waals surface area contributed by atoms with Gasteiger partial charge < -0.3 is 4.74 Å². The molecule has 0 atom stereocenters. The molecule has 0 aromatic heterocycles. The van der Waals surface area contributed by atoms with Gasteiger partial charge in [-0.3, -0.25) is 4.79 Å². The molecule has 0 rings (SSSR count). The van der Waals surface area contributed by atoms with Crippen molar-refractivity contribution in [3.05, 3.63) is 12.7 Å². The zero-order valence-corrected chi connectivity index (χ0v) is 8.93. The minimum absolute atomic E-state index is 0.158. The fraction of sp³-hybridized carbons (Fsp3) is 0.727. The largest absolute Gasteiger partial charge is 0.374 e. The second-order valence-electron chi connectivity index (χ2n) is 4.16. The predicted molar refractivity (Wildman–Crippen MR) is 54.7 cm³/mol. The molecule has 76 valence electrons. The predicted octanol–water partition coefficient (Wildman–Crippen LogP) is 2.58. The lowest BCUT2D eigenvalue weighted by molar-refractivity contribution is -0.131. The van der Waals surface area contributed by atoms with E-state index in [1.54, 1.807) is 0 Å². The summed E-state index contributed by atoms with van der Waals surface area (Å²) in [6.07, 6.45) is 3.75. The van der Waals surface area contributed by atoms with Gasteiger partial charge in [-0.1, -0.05) is 26.8 Å². The molecule has 0 N–H and O–H groups in total. The van der Waals surface area contributed by atoms with E-state index in [-0.39, 0.29) is 17.8 Å². The Morgan fingerprint density at radius 2 is 2.08 bits per heavy atom. The number of unbranched alkanes of at least 4 members (excludes halogenated alkanes) is 1. The van der Waals surface area contributed by atoms with E-state index in [4.69, 9.17) is 4.74 Å². The Hall–Kier alpha value is -0.630. The second kappa shape index (κ2) is 5.92. The number of ketones is 1. The van der Waals surface area contributed by atoms with Gasteiger partial charge in [-0.15, -0.1) is 6.58 Å². The molecule has 0 fully saturated rings. The highest BCUT2D eigenvalue weighted by atomic mass is 16.5. The molecule has 0 bridgehead atoms. The number of hydrogen-bond donors (Lipinski definition) is 0. The number of ether oxygens (including phenoxy) is 1. The summed E-state index contributed by atoms with van der Waals surface area (Å²) in [6.45, 7) is 10.2. The molecule has 0 aliphatic heterocycles. The second-order valence-corrected chi connectivity index (χ2v) is 4.16. The Bertz CT molecular complexity index is 165. The Labute approximate surface area is 81.0 Å². The third-order valence-electron chi connectivity index (χ3n) is 1.77. The smallest absolute Gasteiger partial charge is 0.163 e. The van der Waals surface area contributed by atoms with Gasteiger partial charge >= 0.3 is 0 Å². The van der Waals surface area contributed by atoms with Crippen LogP contribution in [-0.4, -0.2) is 19.0 Å². The maximum Gasteiger partial charge on any atom is 0.163 e. The van der Waals surface area contributed by atoms with E-state index in [0.29, 0.717) is 6.61 Å². The highest BCUT2D eigenvalue weighted by Crippen LogP contribution is 2.14. The maximum absolute atomic E-state index is 11.4. The normalized spacial score (nSPS) is 11.3. The standard InChI is InChI=1S/C11H20O2/c1-5-6-7-8-13-9-10(12)11(2,3)4/h5H,1,6-9H2,2-4H3. The van der Waals surface area contributed by atoms with Crippen LogP contribution in [0.2, 0.25) is 0 Å². The minimum Gasteiger partial charge on any atom is -0.374 e. The lowest BCUT2D eigenvalue weighted by Crippen LogP contribution is -2.25. The summed E-state index contributed by atoms with van der Waals surface area (Å²) in [7, 11) is 0. The van der Waals surface area contributed by atoms with E-state index >= 15 is 0 Å². The van der Waals surface area contributed by atoms with E-state index in [9.17, 15) is 4.79 Å². The van der Waals surface area contributed by atoms with Gasteiger partial charge in [0.1, 0.15) is 6.61 Å². The van der Waals surface area contributed by atoms with Gasteiger partial charge in [-0.05, 0) is 12.8 Å². The number of allylic oxidation sites excluding steroid dienone is 1. The molecule has 0 saturated carbocycles. The van der Waals surface area contributed by atoms with Gasteiger partial charge in [0.05, 0.1) is 0 Å². The Morgan fingerprint density at radius 3 is 2.54 bits per heavy atom. The summed E-state index contributed by atoms with van der Waals surface area (Å²) in [5, 5.41) is 0. The third-order valence-corrected chi connectivity index (χ3v) is 1.77. The molecule has 0 heterocycles. The van der Waals surface area contributed by atoms with Crippen LogP contribution in [-0.2, 0) is 9.53 Å². The summed E-state index contributed by atoms with van der Waals surface area (Å²) >= 11 is 0. The van der Waals surface area contributed by atoms with Crippen LogP contribution in [0.5, 0.6) is 0 Å². The summed E-state index contributed by atoms with van der Waals surface area (Å²) in [5.41, 5.74) is -0.279. The summed E-state index contributed by atoms with van der Waals surface area (Å²) in [4.78, 5) is 11.4. The monoisotopic (exact) mass is 184 g/mol. The highest BCUT2D eigenvalue weighted by Gasteiger charge is 2.20. The van der Waals surface area contributed by atoms with Crippen LogP contribution in [0.3, 0.4) is 0 Å². The fourth-order valence-corrected chi connectivity index (χ4v) is 0.711. The number of carbonyl (C=O) groups excluding carboxylic acids is 1. The molecular weight excluding hydrogens is 164 g/mol. The van der Waals surface area contributed by atoms with Crippen molar-refractivity contribution in [2.45, 2.75) is 33.6 Å².